The maximum Gasteiger partial charge on any atom is 0.245 e. The number of phenols is 1. The molecule has 29 heavy (non-hydrogen) atoms. The van der Waals surface area contributed by atoms with Gasteiger partial charge >= 0.3 is 0 Å². The molecule has 1 unspecified atom stereocenters. The van der Waals surface area contributed by atoms with Gasteiger partial charge in [0.2, 0.25) is 11.8 Å². The van der Waals surface area contributed by atoms with Gasteiger partial charge in [0.05, 0.1) is 0 Å². The lowest BCUT2D eigenvalue weighted by atomic mass is 10.0. The van der Waals surface area contributed by atoms with E-state index in [0.29, 0.717) is 12.0 Å². The second-order valence-corrected chi connectivity index (χ2v) is 7.60. The molecule has 0 fully saturated rings. The highest BCUT2D eigenvalue weighted by Gasteiger charge is 2.26. The highest BCUT2D eigenvalue weighted by Crippen LogP contribution is 2.21. The number of carbonyl (C=O) groups is 2. The summed E-state index contributed by atoms with van der Waals surface area (Å²) in [4.78, 5) is 30.3. The Hall–Kier alpha value is -3.28. The third-order valence-corrected chi connectivity index (χ3v) is 5.01. The zero-order valence-corrected chi connectivity index (χ0v) is 17.0. The van der Waals surface area contributed by atoms with Crippen molar-refractivity contribution in [3.8, 4) is 5.75 Å². The van der Waals surface area contributed by atoms with E-state index in [-0.39, 0.29) is 30.0 Å². The number of benzene rings is 2. The van der Waals surface area contributed by atoms with Crippen molar-refractivity contribution in [2.24, 2.45) is 5.92 Å². The summed E-state index contributed by atoms with van der Waals surface area (Å²) >= 11 is 0. The van der Waals surface area contributed by atoms with E-state index in [9.17, 15) is 14.7 Å². The van der Waals surface area contributed by atoms with Crippen molar-refractivity contribution in [2.45, 2.75) is 32.9 Å². The van der Waals surface area contributed by atoms with E-state index in [0.717, 1.165) is 16.5 Å². The van der Waals surface area contributed by atoms with Gasteiger partial charge in [0.15, 0.2) is 0 Å². The van der Waals surface area contributed by atoms with E-state index in [1.54, 1.807) is 39.1 Å². The summed E-state index contributed by atoms with van der Waals surface area (Å²) in [6, 6.07) is 14.1. The van der Waals surface area contributed by atoms with Crippen molar-refractivity contribution in [3.05, 3.63) is 65.9 Å². The van der Waals surface area contributed by atoms with Crippen molar-refractivity contribution in [1.29, 1.82) is 0 Å². The highest BCUT2D eigenvalue weighted by molar-refractivity contribution is 5.90. The number of aromatic nitrogens is 1. The number of likely N-dealkylation sites (N-methyl/N-ethyl adjacent to an activating group) is 1. The summed E-state index contributed by atoms with van der Waals surface area (Å²) in [6.07, 6.45) is 2.27. The van der Waals surface area contributed by atoms with Crippen molar-refractivity contribution in [2.75, 3.05) is 7.05 Å². The SMILES string of the molecule is CC(C)C(=O)NC(Cc1c[nH]c2ccccc12)C(=O)N(C)Cc1ccccc1O. The van der Waals surface area contributed by atoms with Crippen LogP contribution in [-0.2, 0) is 22.6 Å². The number of H-pyrrole nitrogens is 1. The molecule has 0 saturated carbocycles. The molecule has 0 aliphatic carbocycles. The number of aromatic amines is 1. The molecule has 1 aromatic heterocycles. The monoisotopic (exact) mass is 393 g/mol. The predicted molar refractivity (Wildman–Crippen MR) is 113 cm³/mol. The van der Waals surface area contributed by atoms with Crippen LogP contribution in [0.2, 0.25) is 0 Å². The van der Waals surface area contributed by atoms with Gasteiger partial charge in [0, 0.05) is 48.6 Å². The van der Waals surface area contributed by atoms with Crippen LogP contribution in [0.4, 0.5) is 0 Å². The van der Waals surface area contributed by atoms with Crippen molar-refractivity contribution in [1.82, 2.24) is 15.2 Å². The Morgan fingerprint density at radius 3 is 2.48 bits per heavy atom. The van der Waals surface area contributed by atoms with Gasteiger partial charge in [-0.1, -0.05) is 50.2 Å². The smallest absolute Gasteiger partial charge is 0.245 e. The molecule has 2 aromatic carbocycles. The Morgan fingerprint density at radius 1 is 1.07 bits per heavy atom. The maximum absolute atomic E-state index is 13.2. The Morgan fingerprint density at radius 2 is 1.76 bits per heavy atom. The van der Waals surface area contributed by atoms with Crippen LogP contribution < -0.4 is 5.32 Å². The quantitative estimate of drug-likeness (QED) is 0.576. The summed E-state index contributed by atoms with van der Waals surface area (Å²) in [7, 11) is 1.68. The Kier molecular flexibility index (Phi) is 6.22. The van der Waals surface area contributed by atoms with Crippen molar-refractivity contribution >= 4 is 22.7 Å². The third kappa shape index (κ3) is 4.77. The van der Waals surface area contributed by atoms with Crippen LogP contribution in [-0.4, -0.2) is 39.9 Å². The van der Waals surface area contributed by atoms with Gasteiger partial charge < -0.3 is 20.3 Å². The van der Waals surface area contributed by atoms with Gasteiger partial charge in [-0.05, 0) is 17.7 Å². The number of nitrogens with zero attached hydrogens (tertiary/aromatic N) is 1. The fourth-order valence-electron chi connectivity index (χ4n) is 3.30. The maximum atomic E-state index is 13.2. The first-order valence-corrected chi connectivity index (χ1v) is 9.74. The topological polar surface area (TPSA) is 85.4 Å². The van der Waals surface area contributed by atoms with Crippen LogP contribution in [0.1, 0.15) is 25.0 Å². The van der Waals surface area contributed by atoms with Crippen molar-refractivity contribution in [3.63, 3.8) is 0 Å². The zero-order chi connectivity index (χ0) is 21.0. The van der Waals surface area contributed by atoms with Crippen LogP contribution in [0.5, 0.6) is 5.75 Å². The van der Waals surface area contributed by atoms with Gasteiger partial charge in [-0.25, -0.2) is 0 Å². The number of hydrogen-bond donors (Lipinski definition) is 3. The van der Waals surface area contributed by atoms with E-state index in [2.05, 4.69) is 10.3 Å². The normalized spacial score (nSPS) is 12.1. The van der Waals surface area contributed by atoms with E-state index in [1.165, 1.54) is 4.90 Å². The molecule has 0 radical (unpaired) electrons. The van der Waals surface area contributed by atoms with E-state index >= 15 is 0 Å². The van der Waals surface area contributed by atoms with Crippen LogP contribution in [0, 0.1) is 5.92 Å². The minimum atomic E-state index is -0.694. The number of fused-ring (bicyclic) bond motifs is 1. The van der Waals surface area contributed by atoms with Crippen molar-refractivity contribution < 1.29 is 14.7 Å². The minimum absolute atomic E-state index is 0.145. The lowest BCUT2D eigenvalue weighted by molar-refractivity contribution is -0.136. The number of rotatable bonds is 7. The summed E-state index contributed by atoms with van der Waals surface area (Å²) in [5.74, 6) is -0.449. The number of nitrogens with one attached hydrogen (secondary N) is 2. The third-order valence-electron chi connectivity index (χ3n) is 5.01. The van der Waals surface area contributed by atoms with E-state index in [1.807, 2.05) is 36.5 Å². The molecular formula is C23H27N3O3. The minimum Gasteiger partial charge on any atom is -0.508 e. The van der Waals surface area contributed by atoms with Crippen LogP contribution >= 0.6 is 0 Å². The first kappa shape index (κ1) is 20.5. The molecule has 2 amide bonds. The molecule has 152 valence electrons. The highest BCUT2D eigenvalue weighted by atomic mass is 16.3. The molecule has 0 bridgehead atoms. The molecule has 0 spiro atoms. The Labute approximate surface area is 170 Å². The summed E-state index contributed by atoms with van der Waals surface area (Å²) in [5.41, 5.74) is 2.62. The number of phenolic OH excluding ortho intramolecular Hbond substituents is 1. The van der Waals surface area contributed by atoms with Gasteiger partial charge in [-0.15, -0.1) is 0 Å². The fraction of sp³-hybridized carbons (Fsp3) is 0.304. The van der Waals surface area contributed by atoms with E-state index in [4.69, 9.17) is 0 Å². The van der Waals surface area contributed by atoms with Gasteiger partial charge in [-0.2, -0.15) is 0 Å². The molecular weight excluding hydrogens is 366 g/mol. The zero-order valence-electron chi connectivity index (χ0n) is 17.0. The number of aromatic hydroxyl groups is 1. The molecule has 0 saturated heterocycles. The second kappa shape index (κ2) is 8.82. The lowest BCUT2D eigenvalue weighted by Gasteiger charge is -2.25. The Bertz CT molecular complexity index is 1010. The number of amides is 2. The molecule has 6 nitrogen and oxygen atoms in total. The average Bonchev–Trinajstić information content (AvgIpc) is 3.11. The van der Waals surface area contributed by atoms with E-state index < -0.39 is 6.04 Å². The molecule has 3 N–H and O–H groups in total. The first-order valence-electron chi connectivity index (χ1n) is 9.74. The van der Waals surface area contributed by atoms with Gasteiger partial charge in [-0.3, -0.25) is 9.59 Å². The summed E-state index contributed by atoms with van der Waals surface area (Å²) in [5, 5.41) is 13.9. The first-order chi connectivity index (χ1) is 13.9. The van der Waals surface area contributed by atoms with Gasteiger partial charge in [0.1, 0.15) is 11.8 Å². The number of para-hydroxylation sites is 2. The predicted octanol–water partition coefficient (Wildman–Crippen LogP) is 3.22. The van der Waals surface area contributed by atoms with Crippen LogP contribution in [0.15, 0.2) is 54.7 Å². The fourth-order valence-corrected chi connectivity index (χ4v) is 3.30. The molecule has 1 atom stereocenters. The second-order valence-electron chi connectivity index (χ2n) is 7.60. The molecule has 0 aliphatic rings. The largest absolute Gasteiger partial charge is 0.508 e. The Balaban J connectivity index is 1.83. The molecule has 3 rings (SSSR count). The molecule has 6 heteroatoms. The van der Waals surface area contributed by atoms with Gasteiger partial charge in [0.25, 0.3) is 0 Å². The standard InChI is InChI=1S/C23H27N3O3/c1-15(2)22(28)25-20(12-17-13-24-19-10-6-5-9-18(17)19)23(29)26(3)14-16-8-4-7-11-21(16)27/h4-11,13,15,20,24,27H,12,14H2,1-3H3,(H,25,28). The average molecular weight is 393 g/mol. The van der Waals surface area contributed by atoms with Crippen LogP contribution in [0.3, 0.4) is 0 Å². The van der Waals surface area contributed by atoms with Crippen LogP contribution in [0.25, 0.3) is 10.9 Å². The lowest BCUT2D eigenvalue weighted by Crippen LogP contribution is -2.49. The number of carbonyl (C=O) groups excluding carboxylic acids is 2. The number of hydrogen-bond acceptors (Lipinski definition) is 3. The summed E-state index contributed by atoms with van der Waals surface area (Å²) < 4.78 is 0. The molecule has 1 heterocycles. The summed E-state index contributed by atoms with van der Waals surface area (Å²) in [6.45, 7) is 3.86. The molecule has 0 aliphatic heterocycles. The molecule has 3 aromatic rings.